The first-order chi connectivity index (χ1) is 11.7. The van der Waals surface area contributed by atoms with E-state index in [2.05, 4.69) is 10.3 Å². The van der Waals surface area contributed by atoms with Crippen molar-refractivity contribution in [1.82, 2.24) is 15.2 Å². The van der Waals surface area contributed by atoms with Crippen molar-refractivity contribution < 1.29 is 9.21 Å². The van der Waals surface area contributed by atoms with Gasteiger partial charge in [0.05, 0.1) is 6.20 Å². The summed E-state index contributed by atoms with van der Waals surface area (Å²) in [4.78, 5) is 18.5. The van der Waals surface area contributed by atoms with Gasteiger partial charge in [-0.3, -0.25) is 4.79 Å². The number of likely N-dealkylation sites (tertiary alicyclic amines) is 1. The van der Waals surface area contributed by atoms with Gasteiger partial charge in [0.1, 0.15) is 0 Å². The predicted molar refractivity (Wildman–Crippen MR) is 108 cm³/mol. The van der Waals surface area contributed by atoms with E-state index < -0.39 is 0 Å². The molecule has 0 spiro atoms. The minimum absolute atomic E-state index is 0. The number of benzene rings is 1. The molecule has 144 valence electrons. The topological polar surface area (TPSA) is 58.4 Å². The lowest BCUT2D eigenvalue weighted by Gasteiger charge is -2.16. The Morgan fingerprint density at radius 2 is 2.08 bits per heavy atom. The van der Waals surface area contributed by atoms with Gasteiger partial charge in [0.25, 0.3) is 0 Å². The highest BCUT2D eigenvalue weighted by Gasteiger charge is 2.25. The molecule has 1 unspecified atom stereocenters. The van der Waals surface area contributed by atoms with Gasteiger partial charge in [-0.1, -0.05) is 11.6 Å². The summed E-state index contributed by atoms with van der Waals surface area (Å²) in [5.41, 5.74) is 0.930. The minimum atomic E-state index is 0. The Morgan fingerprint density at radius 3 is 2.77 bits per heavy atom. The zero-order valence-electron chi connectivity index (χ0n) is 14.6. The van der Waals surface area contributed by atoms with E-state index in [1.165, 1.54) is 0 Å². The fourth-order valence-corrected chi connectivity index (χ4v) is 3.19. The molecule has 1 saturated heterocycles. The molecule has 1 amide bonds. The lowest BCUT2D eigenvalue weighted by Crippen LogP contribution is -2.30. The van der Waals surface area contributed by atoms with Crippen LogP contribution in [-0.2, 0) is 11.2 Å². The lowest BCUT2D eigenvalue weighted by atomic mass is 10.1. The van der Waals surface area contributed by atoms with E-state index in [1.807, 2.05) is 36.2 Å². The summed E-state index contributed by atoms with van der Waals surface area (Å²) in [7, 11) is 1.95. The van der Waals surface area contributed by atoms with Crippen LogP contribution in [-0.4, -0.2) is 42.5 Å². The molecule has 1 fully saturated rings. The number of hydrogen-bond donors (Lipinski definition) is 1. The Balaban J connectivity index is 0.00000169. The zero-order chi connectivity index (χ0) is 16.9. The minimum Gasteiger partial charge on any atom is -0.441 e. The van der Waals surface area contributed by atoms with Crippen molar-refractivity contribution in [3.8, 4) is 11.3 Å². The molecule has 8 heteroatoms. The third kappa shape index (κ3) is 5.88. The van der Waals surface area contributed by atoms with Crippen molar-refractivity contribution in [2.45, 2.75) is 19.3 Å². The van der Waals surface area contributed by atoms with Crippen LogP contribution in [0.15, 0.2) is 34.9 Å². The maximum absolute atomic E-state index is 12.3. The van der Waals surface area contributed by atoms with Crippen molar-refractivity contribution in [3.05, 3.63) is 41.4 Å². The highest BCUT2D eigenvalue weighted by atomic mass is 35.5. The molecule has 0 radical (unpaired) electrons. The van der Waals surface area contributed by atoms with Crippen LogP contribution < -0.4 is 5.32 Å². The third-order valence-electron chi connectivity index (χ3n) is 4.37. The van der Waals surface area contributed by atoms with Gasteiger partial charge in [-0.2, -0.15) is 0 Å². The zero-order valence-corrected chi connectivity index (χ0v) is 17.0. The standard InChI is InChI=1S/C18H22ClN3O2.2ClH/c1-20-10-13-8-9-22(12-13)18(23)7-6-17-21-11-16(24-17)14-2-4-15(19)5-3-14;;/h2-5,11,13,20H,6-10,12H2,1H3;2*1H. The summed E-state index contributed by atoms with van der Waals surface area (Å²) in [5.74, 6) is 2.04. The molecule has 1 atom stereocenters. The van der Waals surface area contributed by atoms with Gasteiger partial charge >= 0.3 is 0 Å². The molecule has 1 aromatic heterocycles. The Labute approximate surface area is 171 Å². The van der Waals surface area contributed by atoms with Crippen molar-refractivity contribution in [2.24, 2.45) is 5.92 Å². The number of oxazole rings is 1. The Hall–Kier alpha value is -1.27. The highest BCUT2D eigenvalue weighted by Crippen LogP contribution is 2.23. The van der Waals surface area contributed by atoms with Crippen LogP contribution in [0, 0.1) is 5.92 Å². The van der Waals surface area contributed by atoms with Gasteiger partial charge in [-0.15, -0.1) is 24.8 Å². The number of hydrogen-bond acceptors (Lipinski definition) is 4. The van der Waals surface area contributed by atoms with Crippen molar-refractivity contribution in [2.75, 3.05) is 26.7 Å². The lowest BCUT2D eigenvalue weighted by molar-refractivity contribution is -0.130. The van der Waals surface area contributed by atoms with Crippen LogP contribution in [0.1, 0.15) is 18.7 Å². The third-order valence-corrected chi connectivity index (χ3v) is 4.62. The highest BCUT2D eigenvalue weighted by molar-refractivity contribution is 6.30. The molecule has 1 aliphatic rings. The van der Waals surface area contributed by atoms with E-state index in [4.69, 9.17) is 16.0 Å². The first-order valence-corrected chi connectivity index (χ1v) is 8.66. The van der Waals surface area contributed by atoms with E-state index >= 15 is 0 Å². The summed E-state index contributed by atoms with van der Waals surface area (Å²) >= 11 is 5.89. The molecule has 3 rings (SSSR count). The molecule has 0 saturated carbocycles. The Morgan fingerprint density at radius 1 is 1.35 bits per heavy atom. The van der Waals surface area contributed by atoms with Crippen molar-refractivity contribution in [3.63, 3.8) is 0 Å². The second-order valence-electron chi connectivity index (χ2n) is 6.18. The predicted octanol–water partition coefficient (Wildman–Crippen LogP) is 3.84. The summed E-state index contributed by atoms with van der Waals surface area (Å²) in [5, 5.41) is 3.86. The summed E-state index contributed by atoms with van der Waals surface area (Å²) in [6.07, 6.45) is 3.74. The normalized spacial score (nSPS) is 16.1. The Kier molecular flexibility index (Phi) is 9.44. The quantitative estimate of drug-likeness (QED) is 0.771. The van der Waals surface area contributed by atoms with Crippen molar-refractivity contribution in [1.29, 1.82) is 0 Å². The maximum atomic E-state index is 12.3. The number of aryl methyl sites for hydroxylation is 1. The molecule has 1 N–H and O–H groups in total. The van der Waals surface area contributed by atoms with Gasteiger partial charge in [0.2, 0.25) is 5.91 Å². The Bertz CT molecular complexity index is 691. The number of carbonyl (C=O) groups excluding carboxylic acids is 1. The van der Waals surface area contributed by atoms with Gasteiger partial charge < -0.3 is 14.6 Å². The summed E-state index contributed by atoms with van der Waals surface area (Å²) in [6, 6.07) is 7.42. The van der Waals surface area contributed by atoms with Crippen LogP contribution >= 0.6 is 36.4 Å². The number of rotatable bonds is 6. The fourth-order valence-electron chi connectivity index (χ4n) is 3.06. The number of aromatic nitrogens is 1. The average Bonchev–Trinajstić information content (AvgIpc) is 3.23. The molecule has 1 aliphatic heterocycles. The second kappa shape index (κ2) is 10.8. The first-order valence-electron chi connectivity index (χ1n) is 8.28. The van der Waals surface area contributed by atoms with Crippen LogP contribution in [0.5, 0.6) is 0 Å². The van der Waals surface area contributed by atoms with Gasteiger partial charge in [0, 0.05) is 36.5 Å². The molecule has 2 heterocycles. The molecular weight excluding hydrogens is 397 g/mol. The van der Waals surface area contributed by atoms with Gasteiger partial charge in [-0.05, 0) is 50.2 Å². The van der Waals surface area contributed by atoms with Crippen LogP contribution in [0.3, 0.4) is 0 Å². The molecule has 2 aromatic rings. The van der Waals surface area contributed by atoms with Gasteiger partial charge in [-0.25, -0.2) is 4.98 Å². The SMILES string of the molecule is CNCC1CCN(C(=O)CCc2ncc(-c3ccc(Cl)cc3)o2)C1.Cl.Cl. The van der Waals surface area contributed by atoms with Crippen LogP contribution in [0.2, 0.25) is 5.02 Å². The van der Waals surface area contributed by atoms with E-state index in [0.29, 0.717) is 35.4 Å². The summed E-state index contributed by atoms with van der Waals surface area (Å²) < 4.78 is 5.75. The summed E-state index contributed by atoms with van der Waals surface area (Å²) in [6.45, 7) is 2.67. The van der Waals surface area contributed by atoms with E-state index in [1.54, 1.807) is 6.20 Å². The number of halogens is 3. The molecule has 5 nitrogen and oxygen atoms in total. The molecule has 0 bridgehead atoms. The molecule has 0 aliphatic carbocycles. The number of amides is 1. The maximum Gasteiger partial charge on any atom is 0.223 e. The smallest absolute Gasteiger partial charge is 0.223 e. The van der Waals surface area contributed by atoms with Crippen LogP contribution in [0.4, 0.5) is 0 Å². The van der Waals surface area contributed by atoms with E-state index in [9.17, 15) is 4.79 Å². The van der Waals surface area contributed by atoms with Gasteiger partial charge in [0.15, 0.2) is 11.7 Å². The number of carbonyl (C=O) groups is 1. The molecule has 1 aromatic carbocycles. The first kappa shape index (κ1) is 22.8. The molecule has 26 heavy (non-hydrogen) atoms. The van der Waals surface area contributed by atoms with Crippen LogP contribution in [0.25, 0.3) is 11.3 Å². The average molecular weight is 421 g/mol. The number of nitrogens with zero attached hydrogens (tertiary/aromatic N) is 2. The largest absolute Gasteiger partial charge is 0.441 e. The van der Waals surface area contributed by atoms with Crippen molar-refractivity contribution >= 4 is 42.3 Å². The fraction of sp³-hybridized carbons (Fsp3) is 0.444. The monoisotopic (exact) mass is 419 g/mol. The number of nitrogens with one attached hydrogen (secondary N) is 1. The van der Waals surface area contributed by atoms with E-state index in [-0.39, 0.29) is 30.7 Å². The van der Waals surface area contributed by atoms with E-state index in [0.717, 1.165) is 31.6 Å². The second-order valence-corrected chi connectivity index (χ2v) is 6.61. The molecular formula is C18H24Cl3N3O2.